The van der Waals surface area contributed by atoms with E-state index in [1.165, 1.54) is 5.56 Å². The molecule has 1 aromatic heterocycles. The first-order chi connectivity index (χ1) is 7.11. The molecule has 0 aromatic carbocycles. The van der Waals surface area contributed by atoms with E-state index in [1.807, 2.05) is 14.0 Å². The van der Waals surface area contributed by atoms with Gasteiger partial charge in [-0.15, -0.1) is 0 Å². The minimum atomic E-state index is 0.341. The molecular weight excluding hydrogens is 192 g/mol. The van der Waals surface area contributed by atoms with E-state index in [0.717, 1.165) is 31.2 Å². The molecule has 0 amide bonds. The van der Waals surface area contributed by atoms with E-state index < -0.39 is 0 Å². The number of likely N-dealkylation sites (tertiary alicyclic amines) is 1. The molecule has 2 N–H and O–H groups in total. The maximum atomic E-state index is 5.74. The Morgan fingerprint density at radius 3 is 2.73 bits per heavy atom. The average molecular weight is 210 g/mol. The van der Waals surface area contributed by atoms with Crippen LogP contribution in [0.2, 0.25) is 0 Å². The van der Waals surface area contributed by atoms with Gasteiger partial charge in [0.25, 0.3) is 0 Å². The summed E-state index contributed by atoms with van der Waals surface area (Å²) in [6, 6.07) is 0.341. The van der Waals surface area contributed by atoms with Crippen LogP contribution in [0.1, 0.15) is 11.3 Å². The average Bonchev–Trinajstić information content (AvgIpc) is 2.39. The van der Waals surface area contributed by atoms with Crippen molar-refractivity contribution >= 4 is 0 Å². The Morgan fingerprint density at radius 1 is 1.53 bits per heavy atom. The lowest BCUT2D eigenvalue weighted by atomic mass is 10.1. The molecule has 0 unspecified atom stereocenters. The van der Waals surface area contributed by atoms with Crippen molar-refractivity contribution in [2.24, 2.45) is 12.8 Å². The molecule has 0 bridgehead atoms. The van der Waals surface area contributed by atoms with Crippen LogP contribution in [0.15, 0.2) is 0 Å². The zero-order valence-electron chi connectivity index (χ0n) is 9.53. The summed E-state index contributed by atoms with van der Waals surface area (Å²) in [5.41, 5.74) is 7.95. The molecule has 84 valence electrons. The lowest BCUT2D eigenvalue weighted by Gasteiger charge is -2.36. The Balaban J connectivity index is 2.12. The van der Waals surface area contributed by atoms with Crippen molar-refractivity contribution in [3.05, 3.63) is 11.3 Å². The topological polar surface area (TPSA) is 56.3 Å². The van der Waals surface area contributed by atoms with Crippen LogP contribution >= 0.6 is 0 Å². The maximum Gasteiger partial charge on any atom is 0.216 e. The van der Waals surface area contributed by atoms with Gasteiger partial charge in [0.2, 0.25) is 5.88 Å². The monoisotopic (exact) mass is 210 g/mol. The number of nitrogens with two attached hydrogens (primary N) is 1. The smallest absolute Gasteiger partial charge is 0.216 e. The number of aromatic nitrogens is 2. The highest BCUT2D eigenvalue weighted by molar-refractivity contribution is 5.31. The van der Waals surface area contributed by atoms with Crippen LogP contribution in [0.4, 0.5) is 0 Å². The number of ether oxygens (including phenoxy) is 1. The summed E-state index contributed by atoms with van der Waals surface area (Å²) in [6.45, 7) is 4.84. The number of rotatable bonds is 3. The summed E-state index contributed by atoms with van der Waals surface area (Å²) in [6.07, 6.45) is 0. The van der Waals surface area contributed by atoms with Gasteiger partial charge in [-0.3, -0.25) is 4.90 Å². The molecule has 0 saturated carbocycles. The van der Waals surface area contributed by atoms with Crippen LogP contribution in [0.3, 0.4) is 0 Å². The second-order valence-corrected chi connectivity index (χ2v) is 4.15. The molecule has 0 aliphatic carbocycles. The Labute approximate surface area is 89.8 Å². The predicted octanol–water partition coefficient (Wildman–Crippen LogP) is -0.120. The fraction of sp³-hybridized carbons (Fsp3) is 0.700. The highest BCUT2D eigenvalue weighted by Gasteiger charge is 2.25. The van der Waals surface area contributed by atoms with E-state index in [-0.39, 0.29) is 0 Å². The van der Waals surface area contributed by atoms with E-state index >= 15 is 0 Å². The van der Waals surface area contributed by atoms with Crippen LogP contribution in [0.5, 0.6) is 5.88 Å². The van der Waals surface area contributed by atoms with Crippen LogP contribution in [-0.2, 0) is 13.6 Å². The molecule has 5 heteroatoms. The number of methoxy groups -OCH3 is 1. The zero-order valence-corrected chi connectivity index (χ0v) is 9.53. The fourth-order valence-electron chi connectivity index (χ4n) is 2.08. The number of hydrogen-bond donors (Lipinski definition) is 1. The Hall–Kier alpha value is -1.07. The second kappa shape index (κ2) is 3.83. The van der Waals surface area contributed by atoms with Crippen molar-refractivity contribution in [2.75, 3.05) is 20.2 Å². The Morgan fingerprint density at radius 2 is 2.20 bits per heavy atom. The molecule has 1 aliphatic heterocycles. The largest absolute Gasteiger partial charge is 0.481 e. The number of hydrogen-bond acceptors (Lipinski definition) is 4. The molecule has 5 nitrogen and oxygen atoms in total. The van der Waals surface area contributed by atoms with Gasteiger partial charge in [-0.1, -0.05) is 0 Å². The molecule has 1 saturated heterocycles. The van der Waals surface area contributed by atoms with Gasteiger partial charge in [-0.2, -0.15) is 5.10 Å². The third-order valence-electron chi connectivity index (χ3n) is 2.85. The molecule has 1 fully saturated rings. The third-order valence-corrected chi connectivity index (χ3v) is 2.85. The SMILES string of the molecule is COc1c(CN2CC(N)C2)c(C)nn1C. The summed E-state index contributed by atoms with van der Waals surface area (Å²) in [4.78, 5) is 2.30. The standard InChI is InChI=1S/C10H18N4O/c1-7-9(6-14-4-8(11)5-14)10(15-3)13(2)12-7/h8H,4-6,11H2,1-3H3. The summed E-state index contributed by atoms with van der Waals surface area (Å²) in [7, 11) is 3.58. The second-order valence-electron chi connectivity index (χ2n) is 4.15. The van der Waals surface area contributed by atoms with Crippen molar-refractivity contribution in [2.45, 2.75) is 19.5 Å². The van der Waals surface area contributed by atoms with E-state index in [9.17, 15) is 0 Å². The number of nitrogens with zero attached hydrogens (tertiary/aromatic N) is 3. The van der Waals surface area contributed by atoms with E-state index in [4.69, 9.17) is 10.5 Å². The van der Waals surface area contributed by atoms with Crippen LogP contribution in [-0.4, -0.2) is 40.9 Å². The predicted molar refractivity (Wildman–Crippen MR) is 57.7 cm³/mol. The zero-order chi connectivity index (χ0) is 11.0. The summed E-state index contributed by atoms with van der Waals surface area (Å²) in [5.74, 6) is 0.855. The van der Waals surface area contributed by atoms with E-state index in [0.29, 0.717) is 6.04 Å². The minimum absolute atomic E-state index is 0.341. The highest BCUT2D eigenvalue weighted by atomic mass is 16.5. The Kier molecular flexibility index (Phi) is 2.67. The van der Waals surface area contributed by atoms with Crippen molar-refractivity contribution in [1.82, 2.24) is 14.7 Å². The molecule has 0 radical (unpaired) electrons. The quantitative estimate of drug-likeness (QED) is 0.755. The molecule has 1 aliphatic rings. The van der Waals surface area contributed by atoms with Crippen LogP contribution < -0.4 is 10.5 Å². The van der Waals surface area contributed by atoms with Crippen molar-refractivity contribution in [3.8, 4) is 5.88 Å². The van der Waals surface area contributed by atoms with Crippen LogP contribution in [0, 0.1) is 6.92 Å². The lowest BCUT2D eigenvalue weighted by Crippen LogP contribution is -2.54. The van der Waals surface area contributed by atoms with Gasteiger partial charge in [-0.05, 0) is 6.92 Å². The Bertz CT molecular complexity index is 355. The molecule has 1 aromatic rings. The van der Waals surface area contributed by atoms with Crippen molar-refractivity contribution in [1.29, 1.82) is 0 Å². The lowest BCUT2D eigenvalue weighted by molar-refractivity contribution is 0.140. The highest BCUT2D eigenvalue weighted by Crippen LogP contribution is 2.24. The first kappa shape index (κ1) is 10.4. The van der Waals surface area contributed by atoms with Gasteiger partial charge in [0.1, 0.15) is 0 Å². The van der Waals surface area contributed by atoms with Gasteiger partial charge in [0.05, 0.1) is 18.4 Å². The summed E-state index contributed by atoms with van der Waals surface area (Å²) >= 11 is 0. The third kappa shape index (κ3) is 1.85. The first-order valence-electron chi connectivity index (χ1n) is 5.16. The van der Waals surface area contributed by atoms with Crippen molar-refractivity contribution < 1.29 is 4.74 Å². The first-order valence-corrected chi connectivity index (χ1v) is 5.16. The molecule has 0 spiro atoms. The normalized spacial score (nSPS) is 17.9. The minimum Gasteiger partial charge on any atom is -0.481 e. The van der Waals surface area contributed by atoms with Crippen molar-refractivity contribution in [3.63, 3.8) is 0 Å². The van der Waals surface area contributed by atoms with Gasteiger partial charge < -0.3 is 10.5 Å². The summed E-state index contributed by atoms with van der Waals surface area (Å²) in [5, 5.41) is 4.35. The van der Waals surface area contributed by atoms with Gasteiger partial charge in [0, 0.05) is 32.7 Å². The van der Waals surface area contributed by atoms with Crippen LogP contribution in [0.25, 0.3) is 0 Å². The molecule has 15 heavy (non-hydrogen) atoms. The molecular formula is C10H18N4O. The molecule has 0 atom stereocenters. The maximum absolute atomic E-state index is 5.74. The molecule has 2 heterocycles. The van der Waals surface area contributed by atoms with Gasteiger partial charge >= 0.3 is 0 Å². The number of aryl methyl sites for hydroxylation is 2. The fourth-order valence-corrected chi connectivity index (χ4v) is 2.08. The molecule has 2 rings (SSSR count). The van der Waals surface area contributed by atoms with Gasteiger partial charge in [0.15, 0.2) is 0 Å². The van der Waals surface area contributed by atoms with E-state index in [1.54, 1.807) is 11.8 Å². The van der Waals surface area contributed by atoms with E-state index in [2.05, 4.69) is 10.00 Å². The van der Waals surface area contributed by atoms with Gasteiger partial charge in [-0.25, -0.2) is 4.68 Å². The summed E-state index contributed by atoms with van der Waals surface area (Å²) < 4.78 is 7.12.